The minimum Gasteiger partial charge on any atom is -0.481 e. The number of nitrogens with zero attached hydrogens (tertiary/aromatic N) is 3. The fourth-order valence-electron chi connectivity index (χ4n) is 12.8. The molecule has 0 radical (unpaired) electrons. The monoisotopic (exact) mass is 1510 g/mol. The van der Waals surface area contributed by atoms with Gasteiger partial charge in [-0.15, -0.1) is 0 Å². The lowest BCUT2D eigenvalue weighted by Gasteiger charge is -2.33. The number of carboxylic acid groups (broad SMARTS) is 2. The Kier molecular flexibility index (Phi) is 30.4. The van der Waals surface area contributed by atoms with Crippen molar-refractivity contribution in [2.45, 2.75) is 163 Å². The molecule has 3 aliphatic rings. The number of nitrogens with two attached hydrogens (primary N) is 3. The summed E-state index contributed by atoms with van der Waals surface area (Å²) in [5, 5.41) is 55.7. The fourth-order valence-corrected chi connectivity index (χ4v) is 14.9. The number of rotatable bonds is 26. The van der Waals surface area contributed by atoms with E-state index >= 15 is 14.4 Å². The van der Waals surface area contributed by atoms with E-state index in [0.29, 0.717) is 53.4 Å². The molecule has 3 aliphatic heterocycles. The number of para-hydroxylation sites is 1. The van der Waals surface area contributed by atoms with E-state index < -0.39 is 169 Å². The number of hydrogen-bond acceptors (Lipinski definition) is 19. The van der Waals surface area contributed by atoms with Crippen LogP contribution in [-0.4, -0.2) is 228 Å². The van der Waals surface area contributed by atoms with Gasteiger partial charge in [0.05, 0.1) is 19.3 Å². The van der Waals surface area contributed by atoms with E-state index in [2.05, 4.69) is 68.1 Å². The lowest BCUT2D eigenvalue weighted by molar-refractivity contribution is -0.148. The van der Waals surface area contributed by atoms with Crippen molar-refractivity contribution in [3.05, 3.63) is 102 Å². The summed E-state index contributed by atoms with van der Waals surface area (Å²) < 4.78 is 0. The standard InChI is InChI=1S/C69H91N19O16S2/c70-23-6-5-14-45(61(97)83-48(59(71)95)32-58(93)94)82-66(102)53-16-8-25-87(53)68(104)54-17-9-26-88(54)67(103)52-36-106-105-27-22-55(89)79-47(20-21-57(91)92)63(99)86-51(31-42-34-74-37-78-42)65(101)84-49(29-38-18-19-39-10-1-2-11-40(39)28-38)64(100)81-46(15-7-24-75-69(72)73)62(98)85-50(60(96)77-35-56(90)80-52)30-41-33-76-44-13-4-3-12-43(41)44/h1-4,10-13,18-19,28,33-34,37,45-54,76H,5-9,14-17,20-27,29-32,35-36,70H2,(H2,71,95)(H,74,78)(H,77,96)(H,79,89)(H,80,90)(H,81,100)(H,82,102)(H,83,97)(H,84,101)(H,85,98)(H,86,99)(H,91,92)(H,93,94)(H4,72,73,75)/t45-,46-,47-,48-,49?,50?,51-,52-,53-,54-/m0/s1. The van der Waals surface area contributed by atoms with Gasteiger partial charge in [-0.05, 0) is 98.7 Å². The lowest BCUT2D eigenvalue weighted by atomic mass is 9.99. The number of unbranched alkanes of at least 4 members (excludes halogenated alkanes) is 1. The van der Waals surface area contributed by atoms with Gasteiger partial charge in [-0.2, -0.15) is 0 Å². The number of hydrogen-bond donors (Lipinski definition) is 18. The molecule has 3 fully saturated rings. The molecule has 37 heteroatoms. The quantitative estimate of drug-likeness (QED) is 0.0124. The molecule has 5 heterocycles. The van der Waals surface area contributed by atoms with Gasteiger partial charge in [0.25, 0.3) is 0 Å². The predicted molar refractivity (Wildman–Crippen MR) is 390 cm³/mol. The molecule has 12 amide bonds. The summed E-state index contributed by atoms with van der Waals surface area (Å²) in [5.74, 6) is -13.6. The molecule has 3 aromatic carbocycles. The maximum Gasteiger partial charge on any atom is 0.305 e. The van der Waals surface area contributed by atoms with Crippen molar-refractivity contribution in [1.82, 2.24) is 77.9 Å². The first-order valence-corrected chi connectivity index (χ1v) is 37.4. The van der Waals surface area contributed by atoms with Crippen molar-refractivity contribution in [2.24, 2.45) is 17.2 Å². The van der Waals surface area contributed by atoms with Gasteiger partial charge in [-0.1, -0.05) is 82.3 Å². The van der Waals surface area contributed by atoms with Crippen LogP contribution >= 0.6 is 21.6 Å². The summed E-state index contributed by atoms with van der Waals surface area (Å²) in [4.78, 5) is 209. The van der Waals surface area contributed by atoms with Gasteiger partial charge >= 0.3 is 11.9 Å². The van der Waals surface area contributed by atoms with Gasteiger partial charge in [-0.25, -0.2) is 4.98 Å². The number of imidazole rings is 1. The molecule has 0 aliphatic carbocycles. The molecule has 2 unspecified atom stereocenters. The molecule has 10 atom stereocenters. The number of nitrogens with one attached hydrogen (secondary N) is 13. The zero-order valence-corrected chi connectivity index (χ0v) is 59.8. The van der Waals surface area contributed by atoms with Crippen molar-refractivity contribution in [3.63, 3.8) is 0 Å². The zero-order chi connectivity index (χ0) is 76.4. The topological polar surface area (TPSA) is 553 Å². The smallest absolute Gasteiger partial charge is 0.305 e. The summed E-state index contributed by atoms with van der Waals surface area (Å²) in [6.07, 6.45) is 3.23. The summed E-state index contributed by atoms with van der Waals surface area (Å²) >= 11 is 0. The molecule has 0 saturated carbocycles. The first-order chi connectivity index (χ1) is 50.8. The van der Waals surface area contributed by atoms with Crippen LogP contribution in [0.15, 0.2) is 85.5 Å². The number of aliphatic carboxylic acids is 2. The van der Waals surface area contributed by atoms with Crippen molar-refractivity contribution in [2.75, 3.05) is 44.2 Å². The third-order valence-electron chi connectivity index (χ3n) is 18.2. The van der Waals surface area contributed by atoms with Crippen LogP contribution in [0.2, 0.25) is 0 Å². The number of guanidine groups is 1. The molecule has 0 bridgehead atoms. The Morgan fingerprint density at radius 3 is 1.98 bits per heavy atom. The van der Waals surface area contributed by atoms with Crippen LogP contribution in [0, 0.1) is 5.41 Å². The van der Waals surface area contributed by atoms with Crippen LogP contribution in [-0.2, 0) is 86.4 Å². The molecule has 3 saturated heterocycles. The Morgan fingerprint density at radius 1 is 0.651 bits per heavy atom. The van der Waals surface area contributed by atoms with Gasteiger partial charge in [0.15, 0.2) is 5.96 Å². The van der Waals surface area contributed by atoms with Crippen molar-refractivity contribution >= 4 is 132 Å². The normalized spacial score (nSPS) is 21.9. The van der Waals surface area contributed by atoms with Gasteiger partial charge in [0.1, 0.15) is 60.4 Å². The molecule has 106 heavy (non-hydrogen) atoms. The van der Waals surface area contributed by atoms with Crippen molar-refractivity contribution in [1.29, 1.82) is 5.41 Å². The van der Waals surface area contributed by atoms with E-state index in [4.69, 9.17) is 22.6 Å². The summed E-state index contributed by atoms with van der Waals surface area (Å²) in [6, 6.07) is 5.71. The van der Waals surface area contributed by atoms with Crippen LogP contribution in [0.1, 0.15) is 100 Å². The number of benzene rings is 3. The van der Waals surface area contributed by atoms with Crippen LogP contribution in [0.3, 0.4) is 0 Å². The summed E-state index contributed by atoms with van der Waals surface area (Å²) in [6.45, 7) is -0.417. The molecule has 2 aromatic heterocycles. The number of carbonyl (C=O) groups excluding carboxylic acids is 12. The number of aromatic nitrogens is 3. The van der Waals surface area contributed by atoms with Crippen LogP contribution in [0.5, 0.6) is 0 Å². The highest BCUT2D eigenvalue weighted by atomic mass is 33.1. The molecule has 0 spiro atoms. The van der Waals surface area contributed by atoms with E-state index in [0.717, 1.165) is 32.4 Å². The fraction of sp³-hybridized carbons (Fsp3) is 0.478. The van der Waals surface area contributed by atoms with Crippen LogP contribution in [0.4, 0.5) is 0 Å². The number of amides is 12. The first-order valence-electron chi connectivity index (χ1n) is 34.9. The average molecular weight is 1510 g/mol. The average Bonchev–Trinajstić information content (AvgIpc) is 1.62. The number of carboxylic acids is 2. The van der Waals surface area contributed by atoms with Crippen LogP contribution < -0.4 is 70.4 Å². The molecule has 8 rings (SSSR count). The van der Waals surface area contributed by atoms with E-state index in [1.165, 1.54) is 22.3 Å². The highest BCUT2D eigenvalue weighted by Gasteiger charge is 2.45. The van der Waals surface area contributed by atoms with E-state index in [1.807, 2.05) is 36.4 Å². The number of H-pyrrole nitrogens is 2. The van der Waals surface area contributed by atoms with Gasteiger partial charge < -0.3 is 100 Å². The number of aromatic amines is 2. The second-order valence-electron chi connectivity index (χ2n) is 26.0. The minimum atomic E-state index is -1.61. The number of primary amides is 1. The minimum absolute atomic E-state index is 0.00668. The maximum atomic E-state index is 15.1. The van der Waals surface area contributed by atoms with E-state index in [9.17, 15) is 63.0 Å². The Labute approximate surface area is 616 Å². The van der Waals surface area contributed by atoms with Crippen LogP contribution in [0.25, 0.3) is 21.7 Å². The zero-order valence-electron chi connectivity index (χ0n) is 58.1. The molecular formula is C69H91N19O16S2. The summed E-state index contributed by atoms with van der Waals surface area (Å²) in [7, 11) is 2.12. The first kappa shape index (κ1) is 80.9. The third kappa shape index (κ3) is 23.9. The second-order valence-corrected chi connectivity index (χ2v) is 28.6. The Bertz CT molecular complexity index is 4010. The molecule has 570 valence electrons. The van der Waals surface area contributed by atoms with E-state index in [-0.39, 0.29) is 101 Å². The predicted octanol–water partition coefficient (Wildman–Crippen LogP) is -1.95. The maximum absolute atomic E-state index is 15.1. The molecule has 5 aromatic rings. The number of fused-ring (bicyclic) bond motifs is 2. The highest BCUT2D eigenvalue weighted by Crippen LogP contribution is 2.29. The van der Waals surface area contributed by atoms with E-state index in [1.54, 1.807) is 36.5 Å². The third-order valence-corrected chi connectivity index (χ3v) is 20.6. The lowest BCUT2D eigenvalue weighted by Crippen LogP contribution is -2.60. The Morgan fingerprint density at radius 2 is 1.30 bits per heavy atom. The molecule has 35 nitrogen and oxygen atoms in total. The highest BCUT2D eigenvalue weighted by molar-refractivity contribution is 8.76. The number of carbonyl (C=O) groups is 14. The second kappa shape index (κ2) is 39.9. The van der Waals surface area contributed by atoms with Crippen molar-refractivity contribution in [3.8, 4) is 0 Å². The SMILES string of the molecule is N=C(N)NCCC[C@@H]1NC(=O)C(Cc2ccc3ccccc3c2)NC(=O)[C@H](Cc2cnc[nH]2)NC(=O)[C@H](CCC(=O)O)NC(=O)CCSSC[C@@H](C(=O)N2CCC[C@H]2C(=O)N2CCC[C@H]2C(=O)N[C@@H](CCCCN)C(=O)N[C@@H](CC(=O)O)C(N)=O)NC(=O)CNC(=O)C(Cc2c[nH]c3ccccc23)NC1=O. The number of likely N-dealkylation sites (tertiary alicyclic amines) is 2. The largest absolute Gasteiger partial charge is 0.481 e. The van der Waals surface area contributed by atoms with Gasteiger partial charge in [0, 0.05) is 92.2 Å². The molecule has 21 N–H and O–H groups in total. The van der Waals surface area contributed by atoms with Gasteiger partial charge in [-0.3, -0.25) is 72.5 Å². The Balaban J connectivity index is 1.09. The van der Waals surface area contributed by atoms with Crippen molar-refractivity contribution < 1.29 is 77.3 Å². The van der Waals surface area contributed by atoms with Gasteiger partial charge in [0.2, 0.25) is 70.9 Å². The summed E-state index contributed by atoms with van der Waals surface area (Å²) in [5.41, 5.74) is 18.9. The molecular weight excluding hydrogens is 1420 g/mol. The Hall–Kier alpha value is -10.8.